The van der Waals surface area contributed by atoms with Crippen LogP contribution in [0.25, 0.3) is 0 Å². The van der Waals surface area contributed by atoms with E-state index in [9.17, 15) is 13.2 Å². The fourth-order valence-corrected chi connectivity index (χ4v) is 5.57. The summed E-state index contributed by atoms with van der Waals surface area (Å²) >= 11 is 0. The average Bonchev–Trinajstić information content (AvgIpc) is 3.29. The van der Waals surface area contributed by atoms with Crippen LogP contribution < -0.4 is 4.72 Å². The maximum absolute atomic E-state index is 13.2. The lowest BCUT2D eigenvalue weighted by molar-refractivity contribution is 0.0689. The van der Waals surface area contributed by atoms with Crippen molar-refractivity contribution in [2.45, 2.75) is 63.6 Å². The largest absolute Gasteiger partial charge is 0.335 e. The highest BCUT2D eigenvalue weighted by Crippen LogP contribution is 2.27. The van der Waals surface area contributed by atoms with E-state index < -0.39 is 10.0 Å². The van der Waals surface area contributed by atoms with Gasteiger partial charge in [0.1, 0.15) is 0 Å². The minimum absolute atomic E-state index is 0.0504. The number of likely N-dealkylation sites (N-methyl/N-ethyl adjacent to an activating group) is 1. The number of rotatable bonds is 9. The SMILES string of the molecule is CC[C@H](C)NS(=O)(=O)c1ccc(C(=O)N(CC)[C@@H]2CCN([C@@H](C)c3ccccc3)C2)cc1. The van der Waals surface area contributed by atoms with E-state index in [1.54, 1.807) is 12.1 Å². The van der Waals surface area contributed by atoms with Gasteiger partial charge in [0.25, 0.3) is 5.91 Å². The van der Waals surface area contributed by atoms with E-state index in [1.807, 2.05) is 31.7 Å². The van der Waals surface area contributed by atoms with Crippen LogP contribution in [-0.2, 0) is 10.0 Å². The Morgan fingerprint density at radius 3 is 2.34 bits per heavy atom. The van der Waals surface area contributed by atoms with Crippen molar-refractivity contribution in [2.24, 2.45) is 0 Å². The smallest absolute Gasteiger partial charge is 0.254 e. The van der Waals surface area contributed by atoms with Crippen LogP contribution in [0.5, 0.6) is 0 Å². The summed E-state index contributed by atoms with van der Waals surface area (Å²) in [5, 5.41) is 0. The fourth-order valence-electron chi connectivity index (χ4n) is 4.24. The van der Waals surface area contributed by atoms with E-state index in [1.165, 1.54) is 17.7 Å². The van der Waals surface area contributed by atoms with E-state index in [0.717, 1.165) is 19.5 Å². The first kappa shape index (κ1) is 24.4. The van der Waals surface area contributed by atoms with Crippen LogP contribution in [0, 0.1) is 0 Å². The van der Waals surface area contributed by atoms with E-state index >= 15 is 0 Å². The van der Waals surface area contributed by atoms with Crippen molar-refractivity contribution >= 4 is 15.9 Å². The first-order valence-electron chi connectivity index (χ1n) is 11.5. The van der Waals surface area contributed by atoms with Crippen molar-refractivity contribution in [1.29, 1.82) is 0 Å². The van der Waals surface area contributed by atoms with Crippen LogP contribution in [0.3, 0.4) is 0 Å². The van der Waals surface area contributed by atoms with Crippen molar-refractivity contribution in [3.05, 3.63) is 65.7 Å². The second-order valence-corrected chi connectivity index (χ2v) is 10.3. The van der Waals surface area contributed by atoms with Crippen molar-refractivity contribution in [1.82, 2.24) is 14.5 Å². The van der Waals surface area contributed by atoms with Crippen molar-refractivity contribution < 1.29 is 13.2 Å². The Morgan fingerprint density at radius 2 is 1.75 bits per heavy atom. The topological polar surface area (TPSA) is 69.7 Å². The van der Waals surface area contributed by atoms with E-state index in [0.29, 0.717) is 24.6 Å². The molecule has 6 nitrogen and oxygen atoms in total. The lowest BCUT2D eigenvalue weighted by Crippen LogP contribution is -2.42. The molecule has 174 valence electrons. The number of benzene rings is 2. The normalized spacial score (nSPS) is 18.9. The molecule has 1 fully saturated rings. The molecule has 0 spiro atoms. The summed E-state index contributed by atoms with van der Waals surface area (Å²) < 4.78 is 27.6. The van der Waals surface area contributed by atoms with E-state index in [2.05, 4.69) is 40.8 Å². The molecular formula is C25H35N3O3S. The third-order valence-electron chi connectivity index (χ3n) is 6.45. The fraction of sp³-hybridized carbons (Fsp3) is 0.480. The quantitative estimate of drug-likeness (QED) is 0.616. The average molecular weight is 458 g/mol. The Hall–Kier alpha value is -2.22. The summed E-state index contributed by atoms with van der Waals surface area (Å²) in [5.41, 5.74) is 1.80. The predicted octanol–water partition coefficient (Wildman–Crippen LogP) is 4.06. The molecular weight excluding hydrogens is 422 g/mol. The summed E-state index contributed by atoms with van der Waals surface area (Å²) in [6, 6.07) is 17.0. The van der Waals surface area contributed by atoms with Crippen LogP contribution in [0.15, 0.2) is 59.5 Å². The van der Waals surface area contributed by atoms with Crippen molar-refractivity contribution in [3.8, 4) is 0 Å². The molecule has 0 aromatic heterocycles. The summed E-state index contributed by atoms with van der Waals surface area (Å²) in [7, 11) is -3.58. The number of carbonyl (C=O) groups excluding carboxylic acids is 1. The van der Waals surface area contributed by atoms with Crippen LogP contribution in [0.1, 0.15) is 62.5 Å². The summed E-state index contributed by atoms with van der Waals surface area (Å²) in [5.74, 6) is -0.0504. The molecule has 1 N–H and O–H groups in total. The molecule has 7 heteroatoms. The molecule has 0 radical (unpaired) electrons. The lowest BCUT2D eigenvalue weighted by Gasteiger charge is -2.30. The highest BCUT2D eigenvalue weighted by molar-refractivity contribution is 7.89. The molecule has 1 aliphatic rings. The number of nitrogens with zero attached hydrogens (tertiary/aromatic N) is 2. The molecule has 0 saturated carbocycles. The Balaban J connectivity index is 1.68. The second-order valence-electron chi connectivity index (χ2n) is 8.57. The standard InChI is InChI=1S/C25H35N3O3S/c1-5-19(3)26-32(30,31)24-14-12-22(13-15-24)25(29)28(6-2)23-16-17-27(18-23)20(4)21-10-8-7-9-11-21/h7-15,19-20,23,26H,5-6,16-18H2,1-4H3/t19-,20-,23+/m0/s1. The molecule has 1 heterocycles. The van der Waals surface area contributed by atoms with Gasteiger partial charge in [-0.05, 0) is 63.4 Å². The zero-order valence-electron chi connectivity index (χ0n) is 19.5. The van der Waals surface area contributed by atoms with Gasteiger partial charge in [0, 0.05) is 43.3 Å². The molecule has 0 bridgehead atoms. The van der Waals surface area contributed by atoms with Gasteiger partial charge in [-0.3, -0.25) is 9.69 Å². The first-order chi connectivity index (χ1) is 15.3. The third-order valence-corrected chi connectivity index (χ3v) is 8.05. The summed E-state index contributed by atoms with van der Waals surface area (Å²) in [6.07, 6.45) is 1.64. The number of carbonyl (C=O) groups is 1. The Labute approximate surface area is 192 Å². The van der Waals surface area contributed by atoms with Gasteiger partial charge in [0.15, 0.2) is 0 Å². The molecule has 2 aromatic carbocycles. The lowest BCUT2D eigenvalue weighted by atomic mass is 10.1. The molecule has 2 aromatic rings. The van der Waals surface area contributed by atoms with Crippen molar-refractivity contribution in [2.75, 3.05) is 19.6 Å². The monoisotopic (exact) mass is 457 g/mol. The molecule has 1 aliphatic heterocycles. The van der Waals surface area contributed by atoms with Gasteiger partial charge in [0.05, 0.1) is 4.90 Å². The van der Waals surface area contributed by atoms with Gasteiger partial charge >= 0.3 is 0 Å². The van der Waals surface area contributed by atoms with Gasteiger partial charge < -0.3 is 4.90 Å². The Kier molecular flexibility index (Phi) is 8.09. The molecule has 3 atom stereocenters. The zero-order chi connectivity index (χ0) is 23.3. The van der Waals surface area contributed by atoms with Crippen LogP contribution in [-0.4, -0.2) is 55.8 Å². The second kappa shape index (κ2) is 10.6. The molecule has 0 aliphatic carbocycles. The number of hydrogen-bond acceptors (Lipinski definition) is 4. The molecule has 0 unspecified atom stereocenters. The van der Waals surface area contributed by atoms with Gasteiger partial charge in [-0.2, -0.15) is 0 Å². The number of amides is 1. The van der Waals surface area contributed by atoms with Gasteiger partial charge in [-0.1, -0.05) is 37.3 Å². The highest BCUT2D eigenvalue weighted by Gasteiger charge is 2.32. The van der Waals surface area contributed by atoms with Gasteiger partial charge in [-0.15, -0.1) is 0 Å². The highest BCUT2D eigenvalue weighted by atomic mass is 32.2. The summed E-state index contributed by atoms with van der Waals surface area (Å²) in [6.45, 7) is 10.4. The van der Waals surface area contributed by atoms with Gasteiger partial charge in [-0.25, -0.2) is 13.1 Å². The van der Waals surface area contributed by atoms with E-state index in [4.69, 9.17) is 0 Å². The Bertz CT molecular complexity index is 993. The van der Waals surface area contributed by atoms with Crippen LogP contribution in [0.2, 0.25) is 0 Å². The Morgan fingerprint density at radius 1 is 1.09 bits per heavy atom. The minimum atomic E-state index is -3.58. The number of sulfonamides is 1. The number of likely N-dealkylation sites (tertiary alicyclic amines) is 1. The van der Waals surface area contributed by atoms with Crippen LogP contribution >= 0.6 is 0 Å². The molecule has 1 amide bonds. The van der Waals surface area contributed by atoms with Crippen molar-refractivity contribution in [3.63, 3.8) is 0 Å². The van der Waals surface area contributed by atoms with Gasteiger partial charge in [0.2, 0.25) is 10.0 Å². The third kappa shape index (κ3) is 5.57. The predicted molar refractivity (Wildman–Crippen MR) is 128 cm³/mol. The maximum atomic E-state index is 13.2. The molecule has 3 rings (SSSR count). The first-order valence-corrected chi connectivity index (χ1v) is 13.0. The number of nitrogens with one attached hydrogen (secondary N) is 1. The number of hydrogen-bond donors (Lipinski definition) is 1. The van der Waals surface area contributed by atoms with E-state index in [-0.39, 0.29) is 22.9 Å². The summed E-state index contributed by atoms with van der Waals surface area (Å²) in [4.78, 5) is 17.8. The molecule has 32 heavy (non-hydrogen) atoms. The maximum Gasteiger partial charge on any atom is 0.254 e. The minimum Gasteiger partial charge on any atom is -0.335 e. The zero-order valence-corrected chi connectivity index (χ0v) is 20.3. The van der Waals surface area contributed by atoms with Crippen LogP contribution in [0.4, 0.5) is 0 Å². The molecule has 1 saturated heterocycles.